The molecule has 0 fully saturated rings. The Labute approximate surface area is 137 Å². The molecule has 0 spiro atoms. The second-order valence-corrected chi connectivity index (χ2v) is 4.74. The molecule has 7 heteroatoms. The van der Waals surface area contributed by atoms with E-state index in [1.807, 2.05) is 12.1 Å². The van der Waals surface area contributed by atoms with Gasteiger partial charge >= 0.3 is 0 Å². The molecular formula is C17H12N4O3. The van der Waals surface area contributed by atoms with Gasteiger partial charge in [-0.2, -0.15) is 5.26 Å². The van der Waals surface area contributed by atoms with Gasteiger partial charge in [0.1, 0.15) is 11.8 Å². The molecule has 0 atom stereocenters. The number of rotatable bonds is 5. The maximum atomic E-state index is 12.2. The summed E-state index contributed by atoms with van der Waals surface area (Å²) in [5.41, 5.74) is 1.48. The van der Waals surface area contributed by atoms with Crippen molar-refractivity contribution >= 4 is 11.6 Å². The van der Waals surface area contributed by atoms with Crippen molar-refractivity contribution in [3.8, 4) is 23.1 Å². The molecule has 3 rings (SSSR count). The van der Waals surface area contributed by atoms with Crippen LogP contribution in [0.15, 0.2) is 59.4 Å². The molecule has 0 saturated heterocycles. The van der Waals surface area contributed by atoms with E-state index in [9.17, 15) is 4.79 Å². The Balaban J connectivity index is 1.67. The van der Waals surface area contributed by atoms with Gasteiger partial charge in [0, 0.05) is 29.7 Å². The fourth-order valence-corrected chi connectivity index (χ4v) is 1.97. The van der Waals surface area contributed by atoms with Crippen molar-refractivity contribution in [1.29, 1.82) is 5.26 Å². The lowest BCUT2D eigenvalue weighted by Gasteiger charge is -2.04. The first kappa shape index (κ1) is 15.2. The van der Waals surface area contributed by atoms with Crippen LogP contribution in [0.5, 0.6) is 5.75 Å². The predicted molar refractivity (Wildman–Crippen MR) is 85.2 cm³/mol. The highest BCUT2D eigenvalue weighted by molar-refractivity contribution is 6.03. The van der Waals surface area contributed by atoms with Crippen LogP contribution in [0.2, 0.25) is 0 Å². The standard InChI is InChI=1S/C17H12N4O3/c18-7-9-23-14-5-3-13(4-6-14)20-17(22)15-10-16(24-21-15)12-2-1-8-19-11-12/h1-6,8,10-11H,9H2,(H,20,22). The molecule has 0 aliphatic heterocycles. The fraction of sp³-hybridized carbons (Fsp3) is 0.0588. The quantitative estimate of drug-likeness (QED) is 0.775. The van der Waals surface area contributed by atoms with Crippen molar-refractivity contribution in [2.75, 3.05) is 11.9 Å². The number of nitrogens with zero attached hydrogens (tertiary/aromatic N) is 3. The molecule has 1 aromatic carbocycles. The Hall–Kier alpha value is -3.66. The molecule has 3 aromatic rings. The van der Waals surface area contributed by atoms with Crippen molar-refractivity contribution in [3.05, 3.63) is 60.6 Å². The Morgan fingerprint density at radius 3 is 2.83 bits per heavy atom. The minimum Gasteiger partial charge on any atom is -0.479 e. The van der Waals surface area contributed by atoms with E-state index in [2.05, 4.69) is 15.5 Å². The summed E-state index contributed by atoms with van der Waals surface area (Å²) < 4.78 is 10.3. The van der Waals surface area contributed by atoms with Crippen molar-refractivity contribution < 1.29 is 14.1 Å². The monoisotopic (exact) mass is 320 g/mol. The molecule has 2 heterocycles. The predicted octanol–water partition coefficient (Wildman–Crippen LogP) is 2.89. The summed E-state index contributed by atoms with van der Waals surface area (Å²) in [4.78, 5) is 16.2. The van der Waals surface area contributed by atoms with E-state index in [0.29, 0.717) is 17.2 Å². The number of ether oxygens (including phenoxy) is 1. The molecule has 0 unspecified atom stereocenters. The van der Waals surface area contributed by atoms with Gasteiger partial charge in [0.25, 0.3) is 5.91 Å². The third-order valence-corrected chi connectivity index (χ3v) is 3.10. The Morgan fingerprint density at radius 2 is 2.12 bits per heavy atom. The summed E-state index contributed by atoms with van der Waals surface area (Å²) >= 11 is 0. The second kappa shape index (κ2) is 7.07. The van der Waals surface area contributed by atoms with Crippen LogP contribution in [0.4, 0.5) is 5.69 Å². The fourth-order valence-electron chi connectivity index (χ4n) is 1.97. The van der Waals surface area contributed by atoms with Gasteiger partial charge in [-0.25, -0.2) is 0 Å². The summed E-state index contributed by atoms with van der Waals surface area (Å²) in [6.45, 7) is -0.0260. The topological polar surface area (TPSA) is 101 Å². The highest BCUT2D eigenvalue weighted by Gasteiger charge is 2.14. The summed E-state index contributed by atoms with van der Waals surface area (Å²) in [5.74, 6) is 0.628. The van der Waals surface area contributed by atoms with Gasteiger partial charge in [-0.05, 0) is 36.4 Å². The molecule has 118 valence electrons. The Kier molecular flexibility index (Phi) is 4.49. The van der Waals surface area contributed by atoms with Crippen LogP contribution >= 0.6 is 0 Å². The lowest BCUT2D eigenvalue weighted by atomic mass is 10.2. The van der Waals surface area contributed by atoms with Crippen LogP contribution in [-0.4, -0.2) is 22.7 Å². The van der Waals surface area contributed by atoms with Crippen molar-refractivity contribution in [2.24, 2.45) is 0 Å². The molecule has 0 aliphatic carbocycles. The van der Waals surface area contributed by atoms with E-state index in [0.717, 1.165) is 5.56 Å². The molecule has 24 heavy (non-hydrogen) atoms. The number of pyridine rings is 1. The number of hydrogen-bond acceptors (Lipinski definition) is 6. The average Bonchev–Trinajstić information content (AvgIpc) is 3.12. The molecular weight excluding hydrogens is 308 g/mol. The van der Waals surface area contributed by atoms with E-state index in [1.54, 1.807) is 48.8 Å². The maximum Gasteiger partial charge on any atom is 0.277 e. The van der Waals surface area contributed by atoms with Gasteiger partial charge in [-0.15, -0.1) is 0 Å². The minimum atomic E-state index is -0.389. The molecule has 0 aliphatic rings. The lowest BCUT2D eigenvalue weighted by Crippen LogP contribution is -2.12. The third-order valence-electron chi connectivity index (χ3n) is 3.10. The zero-order valence-electron chi connectivity index (χ0n) is 12.5. The van der Waals surface area contributed by atoms with Gasteiger partial charge in [-0.1, -0.05) is 5.16 Å². The smallest absolute Gasteiger partial charge is 0.277 e. The lowest BCUT2D eigenvalue weighted by molar-refractivity contribution is 0.101. The highest BCUT2D eigenvalue weighted by Crippen LogP contribution is 2.20. The normalized spacial score (nSPS) is 9.96. The van der Waals surface area contributed by atoms with Gasteiger partial charge in [0.05, 0.1) is 0 Å². The first-order chi connectivity index (χ1) is 11.8. The number of carbonyl (C=O) groups is 1. The summed E-state index contributed by atoms with van der Waals surface area (Å²) in [6.07, 6.45) is 3.28. The SMILES string of the molecule is N#CCOc1ccc(NC(=O)c2cc(-c3cccnc3)on2)cc1. The van der Waals surface area contributed by atoms with E-state index < -0.39 is 0 Å². The van der Waals surface area contributed by atoms with Crippen LogP contribution in [-0.2, 0) is 0 Å². The van der Waals surface area contributed by atoms with Crippen LogP contribution < -0.4 is 10.1 Å². The number of hydrogen-bond donors (Lipinski definition) is 1. The summed E-state index contributed by atoms with van der Waals surface area (Å²) in [5, 5.41) is 14.9. The van der Waals surface area contributed by atoms with E-state index in [4.69, 9.17) is 14.5 Å². The molecule has 0 saturated carbocycles. The van der Waals surface area contributed by atoms with Crippen molar-refractivity contribution in [1.82, 2.24) is 10.1 Å². The number of nitriles is 1. The zero-order chi connectivity index (χ0) is 16.8. The van der Waals surface area contributed by atoms with Crippen LogP contribution in [0.3, 0.4) is 0 Å². The van der Waals surface area contributed by atoms with Crippen LogP contribution in [0.1, 0.15) is 10.5 Å². The number of benzene rings is 1. The third kappa shape index (κ3) is 3.56. The molecule has 2 aromatic heterocycles. The molecule has 1 N–H and O–H groups in total. The number of anilines is 1. The van der Waals surface area contributed by atoms with Crippen LogP contribution in [0, 0.1) is 11.3 Å². The van der Waals surface area contributed by atoms with Crippen LogP contribution in [0.25, 0.3) is 11.3 Å². The molecule has 0 radical (unpaired) electrons. The average molecular weight is 320 g/mol. The Morgan fingerprint density at radius 1 is 1.29 bits per heavy atom. The summed E-state index contributed by atoms with van der Waals surface area (Å²) in [6, 6.07) is 13.7. The second-order valence-electron chi connectivity index (χ2n) is 4.74. The first-order valence-electron chi connectivity index (χ1n) is 7.04. The molecule has 0 bridgehead atoms. The van der Waals surface area contributed by atoms with Crippen molar-refractivity contribution in [3.63, 3.8) is 0 Å². The zero-order valence-corrected chi connectivity index (χ0v) is 12.5. The largest absolute Gasteiger partial charge is 0.479 e. The number of nitrogens with one attached hydrogen (secondary N) is 1. The van der Waals surface area contributed by atoms with Gasteiger partial charge in [-0.3, -0.25) is 9.78 Å². The molecule has 1 amide bonds. The number of aromatic nitrogens is 2. The Bertz CT molecular complexity index is 867. The van der Waals surface area contributed by atoms with Gasteiger partial charge in [0.15, 0.2) is 18.1 Å². The van der Waals surface area contributed by atoms with E-state index in [1.165, 1.54) is 0 Å². The molecule has 7 nitrogen and oxygen atoms in total. The minimum absolute atomic E-state index is 0.0260. The van der Waals surface area contributed by atoms with E-state index >= 15 is 0 Å². The van der Waals surface area contributed by atoms with Gasteiger partial charge in [0.2, 0.25) is 0 Å². The van der Waals surface area contributed by atoms with E-state index in [-0.39, 0.29) is 18.2 Å². The first-order valence-corrected chi connectivity index (χ1v) is 7.04. The van der Waals surface area contributed by atoms with Gasteiger partial charge < -0.3 is 14.6 Å². The maximum absolute atomic E-state index is 12.2. The summed E-state index contributed by atoms with van der Waals surface area (Å²) in [7, 11) is 0. The number of amides is 1. The number of carbonyl (C=O) groups excluding carboxylic acids is 1. The van der Waals surface area contributed by atoms with Crippen molar-refractivity contribution in [2.45, 2.75) is 0 Å². The highest BCUT2D eigenvalue weighted by atomic mass is 16.5.